The molecule has 4 nitrogen and oxygen atoms in total. The predicted molar refractivity (Wildman–Crippen MR) is 45.7 cm³/mol. The van der Waals surface area contributed by atoms with Gasteiger partial charge in [0.1, 0.15) is 0 Å². The predicted octanol–water partition coefficient (Wildman–Crippen LogP) is -0.812. The van der Waals surface area contributed by atoms with Gasteiger partial charge in [-0.2, -0.15) is 0 Å². The molecule has 0 aromatic heterocycles. The number of aliphatic hydroxyl groups excluding tert-OH is 1. The van der Waals surface area contributed by atoms with E-state index in [1.54, 1.807) is 11.8 Å². The first-order chi connectivity index (χ1) is 5.61. The van der Waals surface area contributed by atoms with Crippen molar-refractivity contribution >= 4 is 5.91 Å². The normalized spacial score (nSPS) is 27.4. The second-order valence-electron chi connectivity index (χ2n) is 3.31. The summed E-state index contributed by atoms with van der Waals surface area (Å²) in [7, 11) is 0. The van der Waals surface area contributed by atoms with E-state index >= 15 is 0 Å². The van der Waals surface area contributed by atoms with E-state index in [2.05, 4.69) is 5.32 Å². The number of hydrogen-bond donors (Lipinski definition) is 2. The van der Waals surface area contributed by atoms with E-state index in [4.69, 9.17) is 5.11 Å². The summed E-state index contributed by atoms with van der Waals surface area (Å²) in [6, 6.07) is -0.0995. The standard InChI is InChI=1S/C8H16N2O2/c1-6(11)5-10-4-3-9-7(2)8(10)12/h6-7,9,11H,3-5H2,1-2H3. The number of nitrogens with zero attached hydrogens (tertiary/aromatic N) is 1. The molecule has 1 amide bonds. The topological polar surface area (TPSA) is 52.6 Å². The molecule has 0 spiro atoms. The van der Waals surface area contributed by atoms with E-state index in [9.17, 15) is 4.79 Å². The highest BCUT2D eigenvalue weighted by molar-refractivity contribution is 5.82. The van der Waals surface area contributed by atoms with Crippen LogP contribution in [-0.2, 0) is 4.79 Å². The van der Waals surface area contributed by atoms with Gasteiger partial charge in [0.2, 0.25) is 5.91 Å². The third kappa shape index (κ3) is 2.19. The molecule has 0 saturated carbocycles. The molecule has 1 heterocycles. The lowest BCUT2D eigenvalue weighted by molar-refractivity contribution is -0.136. The molecule has 1 saturated heterocycles. The fourth-order valence-electron chi connectivity index (χ4n) is 1.39. The maximum Gasteiger partial charge on any atom is 0.239 e. The largest absolute Gasteiger partial charge is 0.392 e. The van der Waals surface area contributed by atoms with Gasteiger partial charge in [-0.25, -0.2) is 0 Å². The third-order valence-electron chi connectivity index (χ3n) is 2.00. The molecule has 0 aromatic carbocycles. The first-order valence-corrected chi connectivity index (χ1v) is 4.31. The molecule has 0 bridgehead atoms. The number of carbonyl (C=O) groups is 1. The van der Waals surface area contributed by atoms with Crippen molar-refractivity contribution in [3.8, 4) is 0 Å². The van der Waals surface area contributed by atoms with Gasteiger partial charge in [-0.1, -0.05) is 0 Å². The van der Waals surface area contributed by atoms with Crippen LogP contribution >= 0.6 is 0 Å². The molecular formula is C8H16N2O2. The van der Waals surface area contributed by atoms with Crippen molar-refractivity contribution < 1.29 is 9.90 Å². The summed E-state index contributed by atoms with van der Waals surface area (Å²) in [6.07, 6.45) is -0.431. The zero-order valence-corrected chi connectivity index (χ0v) is 7.58. The molecule has 2 atom stereocenters. The van der Waals surface area contributed by atoms with Gasteiger partial charge in [-0.05, 0) is 13.8 Å². The highest BCUT2D eigenvalue weighted by Gasteiger charge is 2.24. The molecule has 0 aliphatic carbocycles. The average Bonchev–Trinajstić information content (AvgIpc) is 1.98. The highest BCUT2D eigenvalue weighted by Crippen LogP contribution is 2.01. The Bertz CT molecular complexity index is 170. The van der Waals surface area contributed by atoms with Gasteiger partial charge in [0.05, 0.1) is 12.1 Å². The lowest BCUT2D eigenvalue weighted by atomic mass is 10.2. The molecule has 1 aliphatic heterocycles. The van der Waals surface area contributed by atoms with Gasteiger partial charge in [-0.3, -0.25) is 4.79 Å². The Balaban J connectivity index is 2.46. The summed E-state index contributed by atoms with van der Waals surface area (Å²) in [5.74, 6) is 0.0853. The van der Waals surface area contributed by atoms with Gasteiger partial charge in [0.15, 0.2) is 0 Å². The van der Waals surface area contributed by atoms with E-state index in [-0.39, 0.29) is 11.9 Å². The van der Waals surface area contributed by atoms with Crippen molar-refractivity contribution in [3.05, 3.63) is 0 Å². The zero-order chi connectivity index (χ0) is 9.14. The Morgan fingerprint density at radius 3 is 3.08 bits per heavy atom. The summed E-state index contributed by atoms with van der Waals surface area (Å²) >= 11 is 0. The average molecular weight is 172 g/mol. The van der Waals surface area contributed by atoms with Gasteiger partial charge in [0.25, 0.3) is 0 Å². The van der Waals surface area contributed by atoms with Crippen LogP contribution in [-0.4, -0.2) is 47.7 Å². The quantitative estimate of drug-likeness (QED) is 0.572. The van der Waals surface area contributed by atoms with Crippen LogP contribution in [0.5, 0.6) is 0 Å². The summed E-state index contributed by atoms with van der Waals surface area (Å²) < 4.78 is 0. The Hall–Kier alpha value is -0.610. The second kappa shape index (κ2) is 3.87. The number of piperazine rings is 1. The highest BCUT2D eigenvalue weighted by atomic mass is 16.3. The number of β-amino-alcohol motifs (C(OH)–C–C–N with tert-alkyl or cyclic N) is 1. The van der Waals surface area contributed by atoms with Gasteiger partial charge in [-0.15, -0.1) is 0 Å². The fourth-order valence-corrected chi connectivity index (χ4v) is 1.39. The maximum atomic E-state index is 11.4. The van der Waals surface area contributed by atoms with Crippen LogP contribution in [0.2, 0.25) is 0 Å². The summed E-state index contributed by atoms with van der Waals surface area (Å²) in [6.45, 7) is 5.51. The van der Waals surface area contributed by atoms with Crippen LogP contribution in [0, 0.1) is 0 Å². The Kier molecular flexibility index (Phi) is 3.05. The zero-order valence-electron chi connectivity index (χ0n) is 7.58. The van der Waals surface area contributed by atoms with Crippen LogP contribution in [0.4, 0.5) is 0 Å². The van der Waals surface area contributed by atoms with E-state index in [0.717, 1.165) is 6.54 Å². The Morgan fingerprint density at radius 2 is 2.50 bits per heavy atom. The van der Waals surface area contributed by atoms with Crippen LogP contribution in [0.1, 0.15) is 13.8 Å². The second-order valence-corrected chi connectivity index (χ2v) is 3.31. The van der Waals surface area contributed by atoms with E-state index in [1.165, 1.54) is 0 Å². The number of nitrogens with one attached hydrogen (secondary N) is 1. The SMILES string of the molecule is CC(O)CN1CCNC(C)C1=O. The minimum atomic E-state index is -0.431. The Morgan fingerprint density at radius 1 is 1.83 bits per heavy atom. The molecule has 2 unspecified atom stereocenters. The summed E-state index contributed by atoms with van der Waals surface area (Å²) in [4.78, 5) is 13.1. The third-order valence-corrected chi connectivity index (χ3v) is 2.00. The molecule has 1 fully saturated rings. The molecule has 0 radical (unpaired) electrons. The van der Waals surface area contributed by atoms with Gasteiger partial charge < -0.3 is 15.3 Å². The monoisotopic (exact) mass is 172 g/mol. The van der Waals surface area contributed by atoms with Crippen LogP contribution in [0.25, 0.3) is 0 Å². The number of carbonyl (C=O) groups excluding carboxylic acids is 1. The molecule has 1 rings (SSSR count). The molecule has 12 heavy (non-hydrogen) atoms. The van der Waals surface area contributed by atoms with E-state index < -0.39 is 6.10 Å². The molecular weight excluding hydrogens is 156 g/mol. The molecule has 0 aromatic rings. The first-order valence-electron chi connectivity index (χ1n) is 4.31. The minimum Gasteiger partial charge on any atom is -0.392 e. The van der Waals surface area contributed by atoms with Gasteiger partial charge in [0, 0.05) is 19.6 Å². The van der Waals surface area contributed by atoms with E-state index in [1.807, 2.05) is 6.92 Å². The van der Waals surface area contributed by atoms with Crippen molar-refractivity contribution in [1.82, 2.24) is 10.2 Å². The number of hydrogen-bond acceptors (Lipinski definition) is 3. The number of aliphatic hydroxyl groups is 1. The first kappa shape index (κ1) is 9.48. The van der Waals surface area contributed by atoms with Crippen LogP contribution < -0.4 is 5.32 Å². The van der Waals surface area contributed by atoms with Crippen molar-refractivity contribution in [3.63, 3.8) is 0 Å². The molecule has 1 aliphatic rings. The van der Waals surface area contributed by atoms with E-state index in [0.29, 0.717) is 13.1 Å². The Labute approximate surface area is 72.6 Å². The maximum absolute atomic E-state index is 11.4. The van der Waals surface area contributed by atoms with Crippen molar-refractivity contribution in [2.45, 2.75) is 26.0 Å². The fraction of sp³-hybridized carbons (Fsp3) is 0.875. The van der Waals surface area contributed by atoms with Crippen molar-refractivity contribution in [1.29, 1.82) is 0 Å². The number of rotatable bonds is 2. The van der Waals surface area contributed by atoms with Gasteiger partial charge >= 0.3 is 0 Å². The minimum absolute atomic E-state index is 0.0853. The molecule has 4 heteroatoms. The summed E-state index contributed by atoms with van der Waals surface area (Å²) in [5.41, 5.74) is 0. The molecule has 70 valence electrons. The lowest BCUT2D eigenvalue weighted by Gasteiger charge is -2.32. The number of amides is 1. The summed E-state index contributed by atoms with van der Waals surface area (Å²) in [5, 5.41) is 12.2. The van der Waals surface area contributed by atoms with Crippen molar-refractivity contribution in [2.24, 2.45) is 0 Å². The van der Waals surface area contributed by atoms with Crippen LogP contribution in [0.15, 0.2) is 0 Å². The molecule has 2 N–H and O–H groups in total. The van der Waals surface area contributed by atoms with Crippen molar-refractivity contribution in [2.75, 3.05) is 19.6 Å². The lowest BCUT2D eigenvalue weighted by Crippen LogP contribution is -2.55. The smallest absolute Gasteiger partial charge is 0.239 e. The van der Waals surface area contributed by atoms with Crippen LogP contribution in [0.3, 0.4) is 0 Å².